The zero-order valence-corrected chi connectivity index (χ0v) is 15.3. The zero-order chi connectivity index (χ0) is 18.4. The van der Waals surface area contributed by atoms with E-state index in [1.807, 2.05) is 31.2 Å². The van der Waals surface area contributed by atoms with Crippen LogP contribution in [0.25, 0.3) is 0 Å². The number of piperidine rings is 1. The molecule has 0 bridgehead atoms. The van der Waals surface area contributed by atoms with Crippen molar-refractivity contribution in [2.24, 2.45) is 0 Å². The Morgan fingerprint density at radius 2 is 2.04 bits per heavy atom. The Balaban J connectivity index is 1.56. The molecule has 3 rings (SSSR count). The standard InChI is InChI=1S/C19H25N5O2/c1-14-12-15(26-2)6-7-16(14)22-19(25)21-13-17-20-9-8-18(23-17)24-10-4-3-5-11-24/h6-9,12H,3-5,10-11,13H2,1-2H3,(H2,21,22,25). The molecule has 0 aliphatic carbocycles. The molecule has 2 aromatic rings. The van der Waals surface area contributed by atoms with E-state index in [0.717, 1.165) is 35.9 Å². The summed E-state index contributed by atoms with van der Waals surface area (Å²) in [5.41, 5.74) is 1.68. The maximum atomic E-state index is 12.2. The van der Waals surface area contributed by atoms with E-state index >= 15 is 0 Å². The molecule has 1 aromatic carbocycles. The summed E-state index contributed by atoms with van der Waals surface area (Å²) in [5, 5.41) is 5.65. The van der Waals surface area contributed by atoms with Gasteiger partial charge in [-0.1, -0.05) is 0 Å². The minimum absolute atomic E-state index is 0.280. The molecule has 0 spiro atoms. The molecule has 7 heteroatoms. The number of benzene rings is 1. The fraction of sp³-hybridized carbons (Fsp3) is 0.421. The number of aryl methyl sites for hydroxylation is 1. The van der Waals surface area contributed by atoms with E-state index in [0.29, 0.717) is 5.82 Å². The number of carbonyl (C=O) groups is 1. The molecule has 0 radical (unpaired) electrons. The summed E-state index contributed by atoms with van der Waals surface area (Å²) in [6.45, 7) is 4.26. The molecule has 0 unspecified atom stereocenters. The van der Waals surface area contributed by atoms with Gasteiger partial charge in [0.1, 0.15) is 17.4 Å². The molecule has 1 aliphatic heterocycles. The summed E-state index contributed by atoms with van der Waals surface area (Å²) in [6, 6.07) is 7.15. The lowest BCUT2D eigenvalue weighted by atomic mass is 10.1. The van der Waals surface area contributed by atoms with Gasteiger partial charge < -0.3 is 20.3 Å². The predicted molar refractivity (Wildman–Crippen MR) is 102 cm³/mol. The predicted octanol–water partition coefficient (Wildman–Crippen LogP) is 3.11. The Labute approximate surface area is 153 Å². The molecule has 0 saturated carbocycles. The largest absolute Gasteiger partial charge is 0.497 e. The van der Waals surface area contributed by atoms with Crippen LogP contribution in [0.3, 0.4) is 0 Å². The van der Waals surface area contributed by atoms with Crippen molar-refractivity contribution in [2.75, 3.05) is 30.4 Å². The van der Waals surface area contributed by atoms with E-state index in [9.17, 15) is 4.79 Å². The maximum Gasteiger partial charge on any atom is 0.319 e. The number of methoxy groups -OCH3 is 1. The van der Waals surface area contributed by atoms with Crippen LogP contribution in [0.1, 0.15) is 30.7 Å². The summed E-state index contributed by atoms with van der Waals surface area (Å²) in [5.74, 6) is 2.30. The second-order valence-electron chi connectivity index (χ2n) is 6.37. The highest BCUT2D eigenvalue weighted by Crippen LogP contribution is 2.21. The number of nitrogens with one attached hydrogen (secondary N) is 2. The Kier molecular flexibility index (Phi) is 5.88. The second kappa shape index (κ2) is 8.51. The molecule has 1 fully saturated rings. The van der Waals surface area contributed by atoms with Crippen molar-refractivity contribution in [2.45, 2.75) is 32.7 Å². The SMILES string of the molecule is COc1ccc(NC(=O)NCc2nccc(N3CCCCC3)n2)c(C)c1. The Morgan fingerprint density at radius 1 is 1.23 bits per heavy atom. The normalized spacial score (nSPS) is 14.0. The van der Waals surface area contributed by atoms with Gasteiger partial charge in [0.25, 0.3) is 0 Å². The highest BCUT2D eigenvalue weighted by Gasteiger charge is 2.13. The van der Waals surface area contributed by atoms with Crippen molar-refractivity contribution in [3.8, 4) is 5.75 Å². The zero-order valence-electron chi connectivity index (χ0n) is 15.3. The van der Waals surface area contributed by atoms with Gasteiger partial charge >= 0.3 is 6.03 Å². The molecule has 2 heterocycles. The van der Waals surface area contributed by atoms with Crippen LogP contribution in [-0.2, 0) is 6.54 Å². The van der Waals surface area contributed by atoms with Gasteiger partial charge in [-0.25, -0.2) is 14.8 Å². The van der Waals surface area contributed by atoms with E-state index in [-0.39, 0.29) is 12.6 Å². The van der Waals surface area contributed by atoms with Crippen LogP contribution in [0.15, 0.2) is 30.5 Å². The topological polar surface area (TPSA) is 79.4 Å². The van der Waals surface area contributed by atoms with E-state index in [4.69, 9.17) is 4.74 Å². The average molecular weight is 355 g/mol. The van der Waals surface area contributed by atoms with E-state index in [1.165, 1.54) is 19.3 Å². The van der Waals surface area contributed by atoms with Gasteiger partial charge in [-0.15, -0.1) is 0 Å². The van der Waals surface area contributed by atoms with Gasteiger partial charge in [-0.2, -0.15) is 0 Å². The van der Waals surface area contributed by atoms with E-state index < -0.39 is 0 Å². The molecule has 2 amide bonds. The lowest BCUT2D eigenvalue weighted by Crippen LogP contribution is -2.31. The Hall–Kier alpha value is -2.83. The summed E-state index contributed by atoms with van der Waals surface area (Å²) in [7, 11) is 1.62. The van der Waals surface area contributed by atoms with Crippen molar-refractivity contribution in [3.05, 3.63) is 41.9 Å². The number of ether oxygens (including phenoxy) is 1. The number of hydrogen-bond acceptors (Lipinski definition) is 5. The first kappa shape index (κ1) is 18.0. The average Bonchev–Trinajstić information content (AvgIpc) is 2.69. The van der Waals surface area contributed by atoms with Gasteiger partial charge in [-0.05, 0) is 56.0 Å². The number of hydrogen-bond donors (Lipinski definition) is 2. The number of nitrogens with zero attached hydrogens (tertiary/aromatic N) is 3. The van der Waals surface area contributed by atoms with Crippen molar-refractivity contribution >= 4 is 17.5 Å². The molecule has 1 aliphatic rings. The minimum atomic E-state index is -0.287. The van der Waals surface area contributed by atoms with Crippen LogP contribution in [0.4, 0.5) is 16.3 Å². The number of rotatable bonds is 5. The van der Waals surface area contributed by atoms with Gasteiger partial charge in [0.2, 0.25) is 0 Å². The maximum absolute atomic E-state index is 12.2. The lowest BCUT2D eigenvalue weighted by molar-refractivity contribution is 0.251. The molecule has 2 N–H and O–H groups in total. The first-order valence-electron chi connectivity index (χ1n) is 8.92. The first-order chi connectivity index (χ1) is 12.7. The number of amides is 2. The molecule has 1 aromatic heterocycles. The molecule has 0 atom stereocenters. The van der Waals surface area contributed by atoms with Crippen LogP contribution < -0.4 is 20.3 Å². The minimum Gasteiger partial charge on any atom is -0.497 e. The summed E-state index contributed by atoms with van der Waals surface area (Å²) in [6.07, 6.45) is 5.42. The second-order valence-corrected chi connectivity index (χ2v) is 6.37. The van der Waals surface area contributed by atoms with Crippen LogP contribution in [0, 0.1) is 6.92 Å². The van der Waals surface area contributed by atoms with Crippen molar-refractivity contribution in [1.29, 1.82) is 0 Å². The first-order valence-corrected chi connectivity index (χ1v) is 8.92. The quantitative estimate of drug-likeness (QED) is 0.861. The lowest BCUT2D eigenvalue weighted by Gasteiger charge is -2.27. The third-order valence-electron chi connectivity index (χ3n) is 4.46. The molecule has 1 saturated heterocycles. The fourth-order valence-electron chi connectivity index (χ4n) is 3.00. The highest BCUT2D eigenvalue weighted by molar-refractivity contribution is 5.90. The smallest absolute Gasteiger partial charge is 0.319 e. The van der Waals surface area contributed by atoms with Gasteiger partial charge in [-0.3, -0.25) is 0 Å². The summed E-state index contributed by atoms with van der Waals surface area (Å²) >= 11 is 0. The van der Waals surface area contributed by atoms with Gasteiger partial charge in [0.15, 0.2) is 0 Å². The summed E-state index contributed by atoms with van der Waals surface area (Å²) in [4.78, 5) is 23.3. The molecule has 7 nitrogen and oxygen atoms in total. The molecular formula is C19H25N5O2. The van der Waals surface area contributed by atoms with Crippen LogP contribution >= 0.6 is 0 Å². The van der Waals surface area contributed by atoms with Crippen LogP contribution in [-0.4, -0.2) is 36.2 Å². The third kappa shape index (κ3) is 4.62. The number of urea groups is 1. The van der Waals surface area contributed by atoms with Crippen molar-refractivity contribution in [3.63, 3.8) is 0 Å². The molecule has 138 valence electrons. The van der Waals surface area contributed by atoms with Crippen molar-refractivity contribution in [1.82, 2.24) is 15.3 Å². The Bertz CT molecular complexity index is 759. The molecule has 26 heavy (non-hydrogen) atoms. The fourth-order valence-corrected chi connectivity index (χ4v) is 3.00. The molecular weight excluding hydrogens is 330 g/mol. The highest BCUT2D eigenvalue weighted by atomic mass is 16.5. The van der Waals surface area contributed by atoms with Gasteiger partial charge in [0.05, 0.1) is 13.7 Å². The van der Waals surface area contributed by atoms with Gasteiger partial charge in [0, 0.05) is 25.0 Å². The monoisotopic (exact) mass is 355 g/mol. The van der Waals surface area contributed by atoms with E-state index in [1.54, 1.807) is 13.3 Å². The van der Waals surface area contributed by atoms with Crippen LogP contribution in [0.2, 0.25) is 0 Å². The number of carbonyl (C=O) groups excluding carboxylic acids is 1. The van der Waals surface area contributed by atoms with E-state index in [2.05, 4.69) is 25.5 Å². The Morgan fingerprint density at radius 3 is 2.77 bits per heavy atom. The number of aromatic nitrogens is 2. The number of anilines is 2. The summed E-state index contributed by atoms with van der Waals surface area (Å²) < 4.78 is 5.17. The van der Waals surface area contributed by atoms with Crippen LogP contribution in [0.5, 0.6) is 5.75 Å². The third-order valence-corrected chi connectivity index (χ3v) is 4.46. The van der Waals surface area contributed by atoms with Crippen molar-refractivity contribution < 1.29 is 9.53 Å².